The van der Waals surface area contributed by atoms with Gasteiger partial charge in [-0.05, 0) is 31.7 Å². The number of benzene rings is 1. The molecule has 1 aromatic carbocycles. The Morgan fingerprint density at radius 3 is 2.00 bits per heavy atom. The van der Waals surface area contributed by atoms with Crippen molar-refractivity contribution in [3.8, 4) is 0 Å². The molecule has 26 heavy (non-hydrogen) atoms. The summed E-state index contributed by atoms with van der Waals surface area (Å²) in [6.07, 6.45) is -0.0281. The van der Waals surface area contributed by atoms with Crippen molar-refractivity contribution in [2.45, 2.75) is 52.5 Å². The number of hydrogen-bond donors (Lipinski definition) is 0. The van der Waals surface area contributed by atoms with Crippen LogP contribution < -0.4 is 0 Å². The molecule has 0 N–H and O–H groups in total. The Hall–Kier alpha value is -2.57. The highest BCUT2D eigenvalue weighted by molar-refractivity contribution is 6.06. The van der Waals surface area contributed by atoms with Crippen molar-refractivity contribution in [1.29, 1.82) is 0 Å². The van der Waals surface area contributed by atoms with Crippen LogP contribution in [-0.2, 0) is 19.8 Å². The van der Waals surface area contributed by atoms with E-state index in [0.29, 0.717) is 24.8 Å². The van der Waals surface area contributed by atoms with Crippen molar-refractivity contribution in [3.05, 3.63) is 35.4 Å². The van der Waals surface area contributed by atoms with Crippen LogP contribution in [0, 0.1) is 6.92 Å². The molecule has 1 atom stereocenters. The summed E-state index contributed by atoms with van der Waals surface area (Å²) in [4.78, 5) is 37.9. The van der Waals surface area contributed by atoms with Crippen LogP contribution >= 0.6 is 0 Å². The summed E-state index contributed by atoms with van der Waals surface area (Å²) in [7, 11) is 0. The molecule has 0 aliphatic carbocycles. The number of rotatable bonds is 6. The van der Waals surface area contributed by atoms with Crippen molar-refractivity contribution in [2.75, 3.05) is 13.2 Å². The molecule has 142 valence electrons. The van der Waals surface area contributed by atoms with Crippen LogP contribution in [0.5, 0.6) is 0 Å². The lowest BCUT2D eigenvalue weighted by Crippen LogP contribution is -2.77. The van der Waals surface area contributed by atoms with Gasteiger partial charge in [-0.1, -0.05) is 50.6 Å². The predicted molar refractivity (Wildman–Crippen MR) is 95.1 cm³/mol. The van der Waals surface area contributed by atoms with Crippen molar-refractivity contribution in [3.63, 3.8) is 0 Å². The maximum Gasteiger partial charge on any atom is 0.436 e. The summed E-state index contributed by atoms with van der Waals surface area (Å²) in [6.45, 7) is 7.83. The lowest BCUT2D eigenvalue weighted by molar-refractivity contribution is -0.203. The molecule has 1 fully saturated rings. The van der Waals surface area contributed by atoms with E-state index in [-0.39, 0.29) is 13.2 Å². The third-order valence-corrected chi connectivity index (χ3v) is 4.35. The summed E-state index contributed by atoms with van der Waals surface area (Å²) in [5.74, 6) is -0.488. The van der Waals surface area contributed by atoms with Gasteiger partial charge in [0.05, 0.1) is 13.2 Å². The van der Waals surface area contributed by atoms with E-state index in [1.54, 1.807) is 19.1 Å². The molecule has 0 spiro atoms. The highest BCUT2D eigenvalue weighted by atomic mass is 16.6. The molecule has 7 heteroatoms. The Kier molecular flexibility index (Phi) is 6.23. The normalized spacial score (nSPS) is 19.2. The van der Waals surface area contributed by atoms with E-state index in [2.05, 4.69) is 0 Å². The molecular formula is C19H26N2O5. The first-order valence-corrected chi connectivity index (χ1v) is 8.99. The van der Waals surface area contributed by atoms with Crippen LogP contribution in [0.1, 0.15) is 51.2 Å². The molecule has 1 saturated heterocycles. The Morgan fingerprint density at radius 1 is 0.962 bits per heavy atom. The van der Waals surface area contributed by atoms with E-state index in [1.807, 2.05) is 32.9 Å². The second kappa shape index (κ2) is 8.21. The Bertz CT molecular complexity index is 673. The highest BCUT2D eigenvalue weighted by Crippen LogP contribution is 2.44. The van der Waals surface area contributed by atoms with Gasteiger partial charge < -0.3 is 9.47 Å². The standard InChI is InChI=1S/C19H26N2O5/c1-5-12-25-17(23)20-16(22)19(7-3,15-10-8-14(4)9-11-15)21(20)18(24)26-13-6-2/h8-11H,5-7,12-13H2,1-4H3/t19-/m1/s1. The van der Waals surface area contributed by atoms with E-state index in [0.717, 1.165) is 15.6 Å². The first-order chi connectivity index (χ1) is 12.4. The quantitative estimate of drug-likeness (QED) is 0.770. The van der Waals surface area contributed by atoms with Crippen molar-refractivity contribution in [2.24, 2.45) is 0 Å². The van der Waals surface area contributed by atoms with E-state index in [4.69, 9.17) is 9.47 Å². The molecule has 0 radical (unpaired) electrons. The number of aryl methyl sites for hydroxylation is 1. The van der Waals surface area contributed by atoms with Crippen molar-refractivity contribution < 1.29 is 23.9 Å². The predicted octanol–water partition coefficient (Wildman–Crippen LogP) is 3.75. The van der Waals surface area contributed by atoms with E-state index < -0.39 is 23.6 Å². The van der Waals surface area contributed by atoms with Gasteiger partial charge in [-0.2, -0.15) is 5.01 Å². The Labute approximate surface area is 153 Å². The van der Waals surface area contributed by atoms with Crippen molar-refractivity contribution in [1.82, 2.24) is 10.0 Å². The summed E-state index contributed by atoms with van der Waals surface area (Å²) in [5, 5.41) is 1.84. The van der Waals surface area contributed by atoms with Crippen LogP contribution in [0.25, 0.3) is 0 Å². The van der Waals surface area contributed by atoms with Crippen LogP contribution in [-0.4, -0.2) is 41.3 Å². The smallest absolute Gasteiger partial charge is 0.436 e. The van der Waals surface area contributed by atoms with Gasteiger partial charge in [0.2, 0.25) is 0 Å². The molecule has 1 aromatic rings. The number of carbonyl (C=O) groups excluding carboxylic acids is 3. The monoisotopic (exact) mass is 362 g/mol. The summed E-state index contributed by atoms with van der Waals surface area (Å²) >= 11 is 0. The van der Waals surface area contributed by atoms with Crippen molar-refractivity contribution >= 4 is 18.1 Å². The molecule has 1 aliphatic heterocycles. The van der Waals surface area contributed by atoms with Crippen LogP contribution in [0.4, 0.5) is 9.59 Å². The maximum atomic E-state index is 13.0. The zero-order valence-electron chi connectivity index (χ0n) is 15.8. The number of carbonyl (C=O) groups is 3. The number of imide groups is 1. The van der Waals surface area contributed by atoms with Gasteiger partial charge in [-0.3, -0.25) is 4.79 Å². The molecule has 3 amide bonds. The van der Waals surface area contributed by atoms with E-state index in [1.165, 1.54) is 0 Å². The summed E-state index contributed by atoms with van der Waals surface area (Å²) < 4.78 is 10.3. The summed E-state index contributed by atoms with van der Waals surface area (Å²) in [6, 6.07) is 7.33. The highest BCUT2D eigenvalue weighted by Gasteiger charge is 2.65. The van der Waals surface area contributed by atoms with Crippen LogP contribution in [0.15, 0.2) is 24.3 Å². The number of hydrogen-bond acceptors (Lipinski definition) is 5. The minimum atomic E-state index is -1.26. The molecule has 1 aliphatic rings. The molecule has 2 rings (SSSR count). The topological polar surface area (TPSA) is 76.2 Å². The number of nitrogens with zero attached hydrogens (tertiary/aromatic N) is 2. The number of amides is 3. The average Bonchev–Trinajstić information content (AvgIpc) is 2.64. The maximum absolute atomic E-state index is 13.0. The summed E-state index contributed by atoms with van der Waals surface area (Å²) in [5.41, 5.74) is 0.415. The Morgan fingerprint density at radius 2 is 1.50 bits per heavy atom. The largest absolute Gasteiger partial charge is 0.448 e. The van der Waals surface area contributed by atoms with E-state index in [9.17, 15) is 14.4 Å². The zero-order chi connectivity index (χ0) is 19.3. The van der Waals surface area contributed by atoms with Gasteiger partial charge in [-0.25, -0.2) is 9.59 Å². The third kappa shape index (κ3) is 3.25. The van der Waals surface area contributed by atoms with Gasteiger partial charge in [0.1, 0.15) is 0 Å². The lowest BCUT2D eigenvalue weighted by Gasteiger charge is -2.54. The molecule has 0 aromatic heterocycles. The van der Waals surface area contributed by atoms with Crippen LogP contribution in [0.2, 0.25) is 0 Å². The average molecular weight is 362 g/mol. The first kappa shape index (κ1) is 19.8. The minimum Gasteiger partial charge on any atom is -0.448 e. The Balaban J connectivity index is 2.41. The molecule has 0 unspecified atom stereocenters. The minimum absolute atomic E-state index is 0.171. The lowest BCUT2D eigenvalue weighted by atomic mass is 9.81. The second-order valence-corrected chi connectivity index (χ2v) is 6.24. The fourth-order valence-electron chi connectivity index (χ4n) is 2.97. The third-order valence-electron chi connectivity index (χ3n) is 4.35. The van der Waals surface area contributed by atoms with Gasteiger partial charge in [0.25, 0.3) is 5.91 Å². The number of ether oxygens (including phenoxy) is 2. The van der Waals surface area contributed by atoms with Gasteiger partial charge >= 0.3 is 12.2 Å². The molecular weight excluding hydrogens is 336 g/mol. The van der Waals surface area contributed by atoms with Gasteiger partial charge in [0, 0.05) is 0 Å². The molecule has 7 nitrogen and oxygen atoms in total. The number of hydrazine groups is 1. The molecule has 0 bridgehead atoms. The second-order valence-electron chi connectivity index (χ2n) is 6.24. The fraction of sp³-hybridized carbons (Fsp3) is 0.526. The fourth-order valence-corrected chi connectivity index (χ4v) is 2.97. The SMILES string of the molecule is CCCOC(=O)N1C(=O)[C@@](CC)(c2ccc(C)cc2)N1C(=O)OCCC. The first-order valence-electron chi connectivity index (χ1n) is 8.99. The molecule has 0 saturated carbocycles. The van der Waals surface area contributed by atoms with Gasteiger partial charge in [0.15, 0.2) is 5.54 Å². The van der Waals surface area contributed by atoms with Crippen LogP contribution in [0.3, 0.4) is 0 Å². The zero-order valence-corrected chi connectivity index (χ0v) is 15.8. The van der Waals surface area contributed by atoms with Gasteiger partial charge in [-0.15, -0.1) is 5.01 Å². The molecule has 1 heterocycles. The van der Waals surface area contributed by atoms with E-state index >= 15 is 0 Å².